The van der Waals surface area contributed by atoms with E-state index in [9.17, 15) is 8.78 Å². The van der Waals surface area contributed by atoms with E-state index in [0.29, 0.717) is 12.8 Å². The predicted molar refractivity (Wildman–Crippen MR) is 63.9 cm³/mol. The van der Waals surface area contributed by atoms with Crippen molar-refractivity contribution in [1.82, 2.24) is 5.43 Å². The van der Waals surface area contributed by atoms with E-state index in [1.807, 2.05) is 0 Å². The molecule has 0 aliphatic heterocycles. The summed E-state index contributed by atoms with van der Waals surface area (Å²) in [5, 5.41) is 0. The third-order valence-electron chi connectivity index (χ3n) is 2.54. The largest absolute Gasteiger partial charge is 0.271 e. The zero-order valence-electron chi connectivity index (χ0n) is 9.76. The van der Waals surface area contributed by atoms with Crippen LogP contribution < -0.4 is 11.3 Å². The zero-order chi connectivity index (χ0) is 12.7. The second-order valence-corrected chi connectivity index (χ2v) is 3.73. The van der Waals surface area contributed by atoms with Gasteiger partial charge in [0.05, 0.1) is 0 Å². The summed E-state index contributed by atoms with van der Waals surface area (Å²) in [6.07, 6.45) is 1.53. The maximum absolute atomic E-state index is 13.4. The molecule has 0 aliphatic rings. The average molecular weight is 238 g/mol. The summed E-state index contributed by atoms with van der Waals surface area (Å²) in [7, 11) is 0. The minimum Gasteiger partial charge on any atom is -0.271 e. The van der Waals surface area contributed by atoms with Gasteiger partial charge >= 0.3 is 0 Å². The molecule has 17 heavy (non-hydrogen) atoms. The topological polar surface area (TPSA) is 38.0 Å². The van der Waals surface area contributed by atoms with E-state index in [2.05, 4.69) is 17.3 Å². The van der Waals surface area contributed by atoms with E-state index < -0.39 is 11.6 Å². The minimum atomic E-state index is -0.535. The molecule has 0 heterocycles. The molecular weight excluding hydrogens is 222 g/mol. The summed E-state index contributed by atoms with van der Waals surface area (Å²) in [4.78, 5) is 0. The number of nitrogens with two attached hydrogens (primary N) is 1. The van der Waals surface area contributed by atoms with E-state index in [0.717, 1.165) is 0 Å². The molecule has 1 atom stereocenters. The van der Waals surface area contributed by atoms with Crippen LogP contribution in [0.2, 0.25) is 0 Å². The lowest BCUT2D eigenvalue weighted by atomic mass is 10.0. The molecule has 0 saturated heterocycles. The van der Waals surface area contributed by atoms with Crippen LogP contribution in [0.1, 0.15) is 25.3 Å². The predicted octanol–water partition coefficient (Wildman–Crippen LogP) is 2.14. The van der Waals surface area contributed by atoms with E-state index in [1.54, 1.807) is 6.92 Å². The zero-order valence-corrected chi connectivity index (χ0v) is 9.76. The van der Waals surface area contributed by atoms with Gasteiger partial charge in [-0.05, 0) is 31.9 Å². The molecular formula is C13H16F2N2. The summed E-state index contributed by atoms with van der Waals surface area (Å²) in [5.41, 5.74) is 2.63. The summed E-state index contributed by atoms with van der Waals surface area (Å²) in [6.45, 7) is 1.75. The monoisotopic (exact) mass is 238 g/mol. The van der Waals surface area contributed by atoms with Gasteiger partial charge in [-0.25, -0.2) is 8.78 Å². The first-order chi connectivity index (χ1) is 8.19. The number of hydrogen-bond donors (Lipinski definition) is 2. The summed E-state index contributed by atoms with van der Waals surface area (Å²) in [6, 6.07) is 3.67. The minimum absolute atomic E-state index is 0.0694. The lowest BCUT2D eigenvalue weighted by molar-refractivity contribution is 0.468. The Kier molecular flexibility index (Phi) is 5.61. The Morgan fingerprint density at radius 1 is 1.35 bits per heavy atom. The molecule has 3 N–H and O–H groups in total. The fourth-order valence-electron chi connectivity index (χ4n) is 1.59. The number of hydrazine groups is 1. The number of nitrogens with one attached hydrogen (secondary N) is 1. The molecule has 1 aromatic carbocycles. The standard InChI is InChI=1S/C13H16F2N2/c1-2-3-4-6-10(17-16)9-11-12(14)7-5-8-13(11)15/h5,7-8,10,17H,4,6,9,16H2,1H3. The van der Waals surface area contributed by atoms with E-state index in [1.165, 1.54) is 18.2 Å². The Morgan fingerprint density at radius 2 is 2.00 bits per heavy atom. The number of halogens is 2. The van der Waals surface area contributed by atoms with Crippen LogP contribution in [0, 0.1) is 23.5 Å². The molecule has 0 aliphatic carbocycles. The Labute approximate surface area is 100 Å². The van der Waals surface area contributed by atoms with E-state index >= 15 is 0 Å². The lowest BCUT2D eigenvalue weighted by Gasteiger charge is -2.15. The average Bonchev–Trinajstić information content (AvgIpc) is 2.32. The van der Waals surface area contributed by atoms with Gasteiger partial charge in [0, 0.05) is 18.0 Å². The van der Waals surface area contributed by atoms with E-state index in [4.69, 9.17) is 5.84 Å². The number of benzene rings is 1. The third kappa shape index (κ3) is 4.14. The Balaban J connectivity index is 2.69. The first-order valence-corrected chi connectivity index (χ1v) is 5.47. The molecule has 92 valence electrons. The van der Waals surface area contributed by atoms with Crippen molar-refractivity contribution in [3.63, 3.8) is 0 Å². The second kappa shape index (κ2) is 7.00. The van der Waals surface area contributed by atoms with Crippen LogP contribution in [-0.4, -0.2) is 6.04 Å². The fourth-order valence-corrected chi connectivity index (χ4v) is 1.59. The summed E-state index contributed by atoms with van der Waals surface area (Å²) in [5.74, 6) is 9.95. The highest BCUT2D eigenvalue weighted by atomic mass is 19.1. The highest BCUT2D eigenvalue weighted by Gasteiger charge is 2.14. The van der Waals surface area contributed by atoms with Gasteiger partial charge in [0.1, 0.15) is 11.6 Å². The molecule has 0 amide bonds. The highest BCUT2D eigenvalue weighted by Crippen LogP contribution is 2.15. The maximum atomic E-state index is 13.4. The van der Waals surface area contributed by atoms with E-state index in [-0.39, 0.29) is 18.0 Å². The SMILES string of the molecule is CC#CCCC(Cc1c(F)cccc1F)NN. The van der Waals surface area contributed by atoms with Crippen LogP contribution >= 0.6 is 0 Å². The molecule has 4 heteroatoms. The van der Waals surface area contributed by atoms with Crippen molar-refractivity contribution in [3.8, 4) is 11.8 Å². The van der Waals surface area contributed by atoms with Gasteiger partial charge in [-0.3, -0.25) is 11.3 Å². The Bertz CT molecular complexity index is 401. The summed E-state index contributed by atoms with van der Waals surface area (Å²) >= 11 is 0. The molecule has 0 bridgehead atoms. The van der Waals surface area contributed by atoms with Crippen LogP contribution in [0.15, 0.2) is 18.2 Å². The van der Waals surface area contributed by atoms with Gasteiger partial charge in [-0.2, -0.15) is 0 Å². The van der Waals surface area contributed by atoms with Gasteiger partial charge in [-0.15, -0.1) is 11.8 Å². The van der Waals surface area contributed by atoms with Gasteiger partial charge in [-0.1, -0.05) is 6.07 Å². The first-order valence-electron chi connectivity index (χ1n) is 5.47. The molecule has 1 unspecified atom stereocenters. The third-order valence-corrected chi connectivity index (χ3v) is 2.54. The van der Waals surface area contributed by atoms with Crippen LogP contribution in [0.5, 0.6) is 0 Å². The van der Waals surface area contributed by atoms with Crippen LogP contribution in [0.3, 0.4) is 0 Å². The van der Waals surface area contributed by atoms with Crippen molar-refractivity contribution < 1.29 is 8.78 Å². The van der Waals surface area contributed by atoms with Gasteiger partial charge in [0.2, 0.25) is 0 Å². The molecule has 0 fully saturated rings. The van der Waals surface area contributed by atoms with Gasteiger partial charge < -0.3 is 0 Å². The van der Waals surface area contributed by atoms with Crippen molar-refractivity contribution in [2.75, 3.05) is 0 Å². The number of hydrogen-bond acceptors (Lipinski definition) is 2. The molecule has 0 aromatic heterocycles. The molecule has 1 aromatic rings. The maximum Gasteiger partial charge on any atom is 0.129 e. The van der Waals surface area contributed by atoms with Crippen molar-refractivity contribution in [1.29, 1.82) is 0 Å². The second-order valence-electron chi connectivity index (χ2n) is 3.73. The summed E-state index contributed by atoms with van der Waals surface area (Å²) < 4.78 is 26.8. The van der Waals surface area contributed by atoms with Crippen LogP contribution in [0.25, 0.3) is 0 Å². The quantitative estimate of drug-likeness (QED) is 0.468. The normalized spacial score (nSPS) is 11.8. The number of rotatable bonds is 5. The lowest BCUT2D eigenvalue weighted by Crippen LogP contribution is -2.37. The van der Waals surface area contributed by atoms with Crippen molar-refractivity contribution in [2.45, 2.75) is 32.2 Å². The highest BCUT2D eigenvalue weighted by molar-refractivity contribution is 5.20. The smallest absolute Gasteiger partial charge is 0.129 e. The van der Waals surface area contributed by atoms with Crippen LogP contribution in [-0.2, 0) is 6.42 Å². The van der Waals surface area contributed by atoms with Crippen molar-refractivity contribution >= 4 is 0 Å². The van der Waals surface area contributed by atoms with Gasteiger partial charge in [0.15, 0.2) is 0 Å². The van der Waals surface area contributed by atoms with Gasteiger partial charge in [0.25, 0.3) is 0 Å². The fraction of sp³-hybridized carbons (Fsp3) is 0.385. The Morgan fingerprint density at radius 3 is 2.53 bits per heavy atom. The Hall–Kier alpha value is -1.44. The van der Waals surface area contributed by atoms with Crippen LogP contribution in [0.4, 0.5) is 8.78 Å². The molecule has 0 saturated carbocycles. The van der Waals surface area contributed by atoms with Crippen molar-refractivity contribution in [3.05, 3.63) is 35.4 Å². The first kappa shape index (κ1) is 13.6. The molecule has 2 nitrogen and oxygen atoms in total. The van der Waals surface area contributed by atoms with Crippen molar-refractivity contribution in [2.24, 2.45) is 5.84 Å². The molecule has 1 rings (SSSR count). The molecule has 0 spiro atoms. The molecule has 0 radical (unpaired) electrons.